The molecular weight excluding hydrogens is 470 g/mol. The molecule has 0 radical (unpaired) electrons. The van der Waals surface area contributed by atoms with Crippen LogP contribution in [0.5, 0.6) is 0 Å². The van der Waals surface area contributed by atoms with Gasteiger partial charge in [-0.15, -0.1) is 0 Å². The first-order valence-corrected chi connectivity index (χ1v) is 15.8. The number of unbranched alkanes of at least 4 members (excludes halogenated alkanes) is 12. The van der Waals surface area contributed by atoms with E-state index in [9.17, 15) is 0 Å². The van der Waals surface area contributed by atoms with E-state index in [0.29, 0.717) is 0 Å². The summed E-state index contributed by atoms with van der Waals surface area (Å²) in [6.45, 7) is 0.850. The van der Waals surface area contributed by atoms with Gasteiger partial charge in [0.05, 0.1) is 0 Å². The molecule has 0 atom stereocenters. The highest BCUT2D eigenvalue weighted by atomic mass is 14.5. The van der Waals surface area contributed by atoms with Crippen LogP contribution in [0.2, 0.25) is 0 Å². The Morgan fingerprint density at radius 3 is 1.59 bits per heavy atom. The molecule has 0 amide bonds. The van der Waals surface area contributed by atoms with E-state index in [2.05, 4.69) is 78.9 Å². The van der Waals surface area contributed by atoms with Gasteiger partial charge in [-0.3, -0.25) is 0 Å². The number of nitrogens with two attached hydrogens (primary N) is 1. The SMILES string of the molecule is NCCCCCCCC/C=C\CCCCCCCCc1ccc2cccc3c4cccc5cccc(c1c23)c54. The van der Waals surface area contributed by atoms with Gasteiger partial charge >= 0.3 is 0 Å². The second-order valence-electron chi connectivity index (χ2n) is 11.5. The maximum atomic E-state index is 5.56. The molecule has 0 unspecified atom stereocenters. The van der Waals surface area contributed by atoms with E-state index in [1.54, 1.807) is 0 Å². The van der Waals surface area contributed by atoms with Crippen LogP contribution in [0.15, 0.2) is 78.9 Å². The zero-order valence-corrected chi connectivity index (χ0v) is 23.9. The zero-order valence-electron chi connectivity index (χ0n) is 23.9. The van der Waals surface area contributed by atoms with E-state index in [1.807, 2.05) is 0 Å². The van der Waals surface area contributed by atoms with Gasteiger partial charge in [0, 0.05) is 0 Å². The maximum Gasteiger partial charge on any atom is -0.00236 e. The molecule has 5 rings (SSSR count). The molecule has 1 heteroatoms. The van der Waals surface area contributed by atoms with Crippen molar-refractivity contribution >= 4 is 43.1 Å². The van der Waals surface area contributed by atoms with Crippen molar-refractivity contribution in [1.29, 1.82) is 0 Å². The summed E-state index contributed by atoms with van der Waals surface area (Å²) in [5, 5.41) is 11.3. The van der Waals surface area contributed by atoms with Crippen LogP contribution in [0.1, 0.15) is 95.5 Å². The molecule has 0 aliphatic carbocycles. The molecule has 0 saturated heterocycles. The molecule has 0 bridgehead atoms. The molecule has 0 fully saturated rings. The normalized spacial score (nSPS) is 12.2. The average Bonchev–Trinajstić information content (AvgIpc) is 2.97. The highest BCUT2D eigenvalue weighted by molar-refractivity contribution is 6.33. The lowest BCUT2D eigenvalue weighted by Crippen LogP contribution is -1.97. The summed E-state index contributed by atoms with van der Waals surface area (Å²) in [6.07, 6.45) is 24.6. The fraction of sp³-hybridized carbons (Fsp3) is 0.421. The van der Waals surface area contributed by atoms with Crippen LogP contribution < -0.4 is 5.73 Å². The van der Waals surface area contributed by atoms with Gasteiger partial charge in [0.1, 0.15) is 0 Å². The molecule has 2 N–H and O–H groups in total. The summed E-state index contributed by atoms with van der Waals surface area (Å²) in [7, 11) is 0. The third kappa shape index (κ3) is 6.82. The quantitative estimate of drug-likeness (QED) is 0.0564. The second kappa shape index (κ2) is 14.5. The zero-order chi connectivity index (χ0) is 26.7. The topological polar surface area (TPSA) is 26.0 Å². The van der Waals surface area contributed by atoms with Crippen LogP contribution in [0.25, 0.3) is 43.1 Å². The minimum atomic E-state index is 0.850. The number of allylic oxidation sites excluding steroid dienone is 2. The van der Waals surface area contributed by atoms with E-state index in [0.717, 1.165) is 6.54 Å². The van der Waals surface area contributed by atoms with Crippen molar-refractivity contribution in [3.63, 3.8) is 0 Å². The molecule has 5 aromatic carbocycles. The van der Waals surface area contributed by atoms with E-state index in [1.165, 1.54) is 145 Å². The molecule has 0 aliphatic rings. The summed E-state index contributed by atoms with van der Waals surface area (Å²) in [4.78, 5) is 0. The van der Waals surface area contributed by atoms with Crippen LogP contribution in [-0.4, -0.2) is 6.54 Å². The number of fused-ring (bicyclic) bond motifs is 2. The number of hydrogen-bond acceptors (Lipinski definition) is 1. The first-order valence-electron chi connectivity index (χ1n) is 15.8. The van der Waals surface area contributed by atoms with Gasteiger partial charge < -0.3 is 5.73 Å². The molecule has 0 heterocycles. The van der Waals surface area contributed by atoms with Gasteiger partial charge in [0.2, 0.25) is 0 Å². The van der Waals surface area contributed by atoms with Gasteiger partial charge in [-0.2, -0.15) is 0 Å². The van der Waals surface area contributed by atoms with Gasteiger partial charge in [0.25, 0.3) is 0 Å². The molecule has 0 aromatic heterocycles. The fourth-order valence-electron chi connectivity index (χ4n) is 6.57. The summed E-state index contributed by atoms with van der Waals surface area (Å²) >= 11 is 0. The standard InChI is InChI=1S/C38H47N/c39-29-16-14-12-10-8-6-4-2-1-3-5-7-9-11-13-15-20-31-27-28-32-23-18-25-34-33-24-17-21-30-22-19-26-35(36(30)33)38(31)37(32)34/h1-2,17-19,21-28H,3-16,20,29,39H2/b2-1-. The number of benzene rings is 5. The van der Waals surface area contributed by atoms with Crippen molar-refractivity contribution in [2.24, 2.45) is 5.73 Å². The number of hydrogen-bond donors (Lipinski definition) is 1. The second-order valence-corrected chi connectivity index (χ2v) is 11.5. The summed E-state index contributed by atoms with van der Waals surface area (Å²) in [5.74, 6) is 0. The van der Waals surface area contributed by atoms with Crippen LogP contribution in [-0.2, 0) is 6.42 Å². The van der Waals surface area contributed by atoms with Crippen molar-refractivity contribution in [2.45, 2.75) is 96.3 Å². The third-order valence-electron chi connectivity index (χ3n) is 8.65. The van der Waals surface area contributed by atoms with Crippen molar-refractivity contribution in [3.8, 4) is 0 Å². The Bertz CT molecular complexity index is 1470. The van der Waals surface area contributed by atoms with Gasteiger partial charge in [0.15, 0.2) is 0 Å². The predicted molar refractivity (Wildman–Crippen MR) is 174 cm³/mol. The molecule has 39 heavy (non-hydrogen) atoms. The third-order valence-corrected chi connectivity index (χ3v) is 8.65. The van der Waals surface area contributed by atoms with Crippen LogP contribution in [0.4, 0.5) is 0 Å². The first kappa shape index (κ1) is 27.7. The lowest BCUT2D eigenvalue weighted by molar-refractivity contribution is 0.595. The number of aryl methyl sites for hydroxylation is 1. The number of rotatable bonds is 17. The van der Waals surface area contributed by atoms with Gasteiger partial charge in [-0.25, -0.2) is 0 Å². The predicted octanol–water partition coefficient (Wildman–Crippen LogP) is 11.3. The summed E-state index contributed by atoms with van der Waals surface area (Å²) < 4.78 is 0. The molecule has 0 aliphatic heterocycles. The van der Waals surface area contributed by atoms with Gasteiger partial charge in [-0.1, -0.05) is 130 Å². The fourth-order valence-corrected chi connectivity index (χ4v) is 6.57. The molecule has 1 nitrogen and oxygen atoms in total. The van der Waals surface area contributed by atoms with E-state index in [4.69, 9.17) is 5.73 Å². The van der Waals surface area contributed by atoms with Crippen molar-refractivity contribution < 1.29 is 0 Å². The molecule has 5 aromatic rings. The Morgan fingerprint density at radius 1 is 0.436 bits per heavy atom. The monoisotopic (exact) mass is 517 g/mol. The van der Waals surface area contributed by atoms with E-state index in [-0.39, 0.29) is 0 Å². The largest absolute Gasteiger partial charge is 0.330 e. The van der Waals surface area contributed by atoms with Crippen molar-refractivity contribution in [1.82, 2.24) is 0 Å². The van der Waals surface area contributed by atoms with Crippen LogP contribution in [0, 0.1) is 0 Å². The first-order chi connectivity index (χ1) is 19.4. The van der Waals surface area contributed by atoms with Crippen molar-refractivity contribution in [2.75, 3.05) is 6.54 Å². The maximum absolute atomic E-state index is 5.56. The Balaban J connectivity index is 1.07. The molecule has 204 valence electrons. The lowest BCUT2D eigenvalue weighted by atomic mass is 9.86. The Labute approximate surface area is 235 Å². The average molecular weight is 518 g/mol. The smallest absolute Gasteiger partial charge is 0.00236 e. The molecule has 0 spiro atoms. The minimum Gasteiger partial charge on any atom is -0.330 e. The minimum absolute atomic E-state index is 0.850. The highest BCUT2D eigenvalue weighted by Gasteiger charge is 2.15. The Hall–Kier alpha value is -2.90. The van der Waals surface area contributed by atoms with Crippen LogP contribution >= 0.6 is 0 Å². The van der Waals surface area contributed by atoms with E-state index >= 15 is 0 Å². The van der Waals surface area contributed by atoms with Crippen molar-refractivity contribution in [3.05, 3.63) is 84.4 Å². The van der Waals surface area contributed by atoms with Crippen LogP contribution in [0.3, 0.4) is 0 Å². The lowest BCUT2D eigenvalue weighted by Gasteiger charge is -2.17. The highest BCUT2D eigenvalue weighted by Crippen LogP contribution is 2.41. The summed E-state index contributed by atoms with van der Waals surface area (Å²) in [6, 6.07) is 25.2. The van der Waals surface area contributed by atoms with E-state index < -0.39 is 0 Å². The molecule has 0 saturated carbocycles. The van der Waals surface area contributed by atoms with Gasteiger partial charge in [-0.05, 0) is 100 Å². The Morgan fingerprint density at radius 2 is 0.949 bits per heavy atom. The molecular formula is C38H47N. The summed E-state index contributed by atoms with van der Waals surface area (Å²) in [5.41, 5.74) is 7.08. The Kier molecular flexibility index (Phi) is 10.3.